The van der Waals surface area contributed by atoms with Gasteiger partial charge in [0.15, 0.2) is 0 Å². The van der Waals surface area contributed by atoms with Gasteiger partial charge in [0.2, 0.25) is 0 Å². The average Bonchev–Trinajstić information content (AvgIpc) is 3.21. The van der Waals surface area contributed by atoms with Crippen LogP contribution < -0.4 is 5.32 Å². The molecule has 0 spiro atoms. The number of pyridine rings is 1. The highest BCUT2D eigenvalue weighted by Gasteiger charge is 2.39. The Morgan fingerprint density at radius 2 is 1.71 bits per heavy atom. The maximum atomic E-state index is 14.6. The van der Waals surface area contributed by atoms with Crippen LogP contribution in [0.15, 0.2) is 77.5 Å². The van der Waals surface area contributed by atoms with Gasteiger partial charge in [0, 0.05) is 19.2 Å². The summed E-state index contributed by atoms with van der Waals surface area (Å²) < 4.78 is 56.2. The number of rotatable bonds is 7. The summed E-state index contributed by atoms with van der Waals surface area (Å²) in [6.45, 7) is 0.176. The van der Waals surface area contributed by atoms with Crippen molar-refractivity contribution in [3.63, 3.8) is 0 Å². The molecule has 2 aromatic carbocycles. The Labute approximate surface area is 206 Å². The first-order valence-corrected chi connectivity index (χ1v) is 11.3. The van der Waals surface area contributed by atoms with Crippen molar-refractivity contribution in [1.82, 2.24) is 20.5 Å². The van der Waals surface area contributed by atoms with Gasteiger partial charge in [-0.2, -0.15) is 18.3 Å². The lowest BCUT2D eigenvalue weighted by atomic mass is 9.79. The molecule has 0 aliphatic heterocycles. The van der Waals surface area contributed by atoms with E-state index < -0.39 is 23.1 Å². The fourth-order valence-electron chi connectivity index (χ4n) is 3.79. The van der Waals surface area contributed by atoms with Crippen molar-refractivity contribution < 1.29 is 17.6 Å². The SMILES string of the molecule is Fc1cc(C(F)(F)F)cc(C(Cc2ccccc2)(NCc2[nH]ncc2Br)c2ccc(Cl)cn2)c1. The van der Waals surface area contributed by atoms with Crippen LogP contribution in [-0.4, -0.2) is 15.2 Å². The monoisotopic (exact) mass is 552 g/mol. The van der Waals surface area contributed by atoms with Crippen molar-refractivity contribution in [2.45, 2.75) is 24.7 Å². The predicted octanol–water partition coefficient (Wildman–Crippen LogP) is 6.65. The molecule has 1 atom stereocenters. The first-order valence-electron chi connectivity index (χ1n) is 10.1. The molecule has 4 nitrogen and oxygen atoms in total. The van der Waals surface area contributed by atoms with E-state index in [0.29, 0.717) is 26.9 Å². The topological polar surface area (TPSA) is 53.6 Å². The Morgan fingerprint density at radius 1 is 0.971 bits per heavy atom. The van der Waals surface area contributed by atoms with Crippen LogP contribution in [0.1, 0.15) is 28.1 Å². The molecule has 0 bridgehead atoms. The summed E-state index contributed by atoms with van der Waals surface area (Å²) in [6.07, 6.45) is -1.56. The summed E-state index contributed by atoms with van der Waals surface area (Å²) in [6, 6.07) is 15.0. The van der Waals surface area contributed by atoms with Crippen molar-refractivity contribution in [3.8, 4) is 0 Å². The van der Waals surface area contributed by atoms with E-state index in [9.17, 15) is 17.6 Å². The van der Waals surface area contributed by atoms with E-state index in [4.69, 9.17) is 11.6 Å². The second kappa shape index (κ2) is 9.85. The summed E-state index contributed by atoms with van der Waals surface area (Å²) >= 11 is 9.44. The van der Waals surface area contributed by atoms with Crippen LogP contribution in [0.25, 0.3) is 0 Å². The molecule has 2 N–H and O–H groups in total. The second-order valence-corrected chi connectivity index (χ2v) is 9.00. The number of H-pyrrole nitrogens is 1. The molecule has 4 aromatic rings. The van der Waals surface area contributed by atoms with Crippen molar-refractivity contribution in [2.75, 3.05) is 0 Å². The van der Waals surface area contributed by atoms with E-state index in [1.54, 1.807) is 18.3 Å². The molecule has 0 amide bonds. The molecule has 1 unspecified atom stereocenters. The van der Waals surface area contributed by atoms with Crippen LogP contribution in [-0.2, 0) is 24.7 Å². The van der Waals surface area contributed by atoms with E-state index in [-0.39, 0.29) is 18.5 Å². The highest BCUT2D eigenvalue weighted by molar-refractivity contribution is 9.10. The first-order chi connectivity index (χ1) is 16.2. The predicted molar refractivity (Wildman–Crippen MR) is 125 cm³/mol. The molecule has 0 saturated heterocycles. The van der Waals surface area contributed by atoms with Crippen molar-refractivity contribution in [2.24, 2.45) is 0 Å². The summed E-state index contributed by atoms with van der Waals surface area (Å²) in [5.74, 6) is -0.999. The molecular formula is C24H18BrClF4N4. The van der Waals surface area contributed by atoms with Crippen molar-refractivity contribution in [3.05, 3.63) is 116 Å². The number of hydrogen-bond donors (Lipinski definition) is 2. The molecule has 0 saturated carbocycles. The van der Waals surface area contributed by atoms with Gasteiger partial charge in [0.05, 0.1) is 38.2 Å². The Hall–Kier alpha value is -2.75. The van der Waals surface area contributed by atoms with Crippen LogP contribution >= 0.6 is 27.5 Å². The smallest absolute Gasteiger partial charge is 0.296 e. The van der Waals surface area contributed by atoms with Gasteiger partial charge in [-0.05, 0) is 57.4 Å². The van der Waals surface area contributed by atoms with Gasteiger partial charge in [-0.25, -0.2) is 4.39 Å². The van der Waals surface area contributed by atoms with Crippen molar-refractivity contribution >= 4 is 27.5 Å². The summed E-state index contributed by atoms with van der Waals surface area (Å²) in [4.78, 5) is 4.43. The minimum absolute atomic E-state index is 0.0779. The van der Waals surface area contributed by atoms with Crippen LogP contribution in [0, 0.1) is 5.82 Å². The molecule has 0 radical (unpaired) electrons. The number of aromatic nitrogens is 3. The van der Waals surface area contributed by atoms with Crippen LogP contribution in [0.3, 0.4) is 0 Å². The molecule has 0 fully saturated rings. The maximum Gasteiger partial charge on any atom is 0.416 e. The van der Waals surface area contributed by atoms with E-state index in [0.717, 1.165) is 17.7 Å². The van der Waals surface area contributed by atoms with Gasteiger partial charge >= 0.3 is 6.18 Å². The third kappa shape index (κ3) is 5.32. The molecule has 176 valence electrons. The number of benzene rings is 2. The normalized spacial score (nSPS) is 13.6. The molecule has 2 aromatic heterocycles. The molecule has 0 aliphatic carbocycles. The fourth-order valence-corrected chi connectivity index (χ4v) is 4.23. The zero-order valence-corrected chi connectivity index (χ0v) is 19.8. The average molecular weight is 554 g/mol. The van der Waals surface area contributed by atoms with E-state index in [2.05, 4.69) is 36.4 Å². The van der Waals surface area contributed by atoms with E-state index >= 15 is 0 Å². The quantitative estimate of drug-likeness (QED) is 0.252. The van der Waals surface area contributed by atoms with Crippen LogP contribution in [0.5, 0.6) is 0 Å². The number of nitrogens with one attached hydrogen (secondary N) is 2. The lowest BCUT2D eigenvalue weighted by Crippen LogP contribution is -2.46. The fraction of sp³-hybridized carbons (Fsp3) is 0.167. The zero-order valence-electron chi connectivity index (χ0n) is 17.5. The number of nitrogens with zero attached hydrogens (tertiary/aromatic N) is 2. The molecule has 2 heterocycles. The van der Waals surface area contributed by atoms with Gasteiger partial charge in [-0.3, -0.25) is 15.4 Å². The Morgan fingerprint density at radius 3 is 2.32 bits per heavy atom. The Kier molecular flexibility index (Phi) is 7.06. The number of hydrogen-bond acceptors (Lipinski definition) is 3. The molecule has 4 rings (SSSR count). The minimum Gasteiger partial charge on any atom is -0.296 e. The maximum absolute atomic E-state index is 14.6. The second-order valence-electron chi connectivity index (χ2n) is 7.71. The number of alkyl halides is 3. The third-order valence-corrected chi connectivity index (χ3v) is 6.33. The Balaban J connectivity index is 1.94. The highest BCUT2D eigenvalue weighted by atomic mass is 79.9. The Bertz CT molecular complexity index is 1260. The summed E-state index contributed by atoms with van der Waals surface area (Å²) in [7, 11) is 0. The molecule has 10 heteroatoms. The number of halogens is 6. The van der Waals surface area contributed by atoms with Gasteiger partial charge in [0.1, 0.15) is 5.82 Å². The molecule has 0 aliphatic rings. The van der Waals surface area contributed by atoms with Gasteiger partial charge in [0.25, 0.3) is 0 Å². The van der Waals surface area contributed by atoms with Gasteiger partial charge < -0.3 is 0 Å². The third-order valence-electron chi connectivity index (χ3n) is 5.43. The van der Waals surface area contributed by atoms with E-state index in [1.165, 1.54) is 6.20 Å². The van der Waals surface area contributed by atoms with Crippen LogP contribution in [0.2, 0.25) is 5.02 Å². The van der Waals surface area contributed by atoms with E-state index in [1.807, 2.05) is 30.3 Å². The lowest BCUT2D eigenvalue weighted by molar-refractivity contribution is -0.137. The van der Waals surface area contributed by atoms with Gasteiger partial charge in [-0.1, -0.05) is 41.9 Å². The summed E-state index contributed by atoms with van der Waals surface area (Å²) in [5.41, 5.74) is -0.478. The van der Waals surface area contributed by atoms with Gasteiger partial charge in [-0.15, -0.1) is 0 Å². The largest absolute Gasteiger partial charge is 0.416 e. The zero-order chi connectivity index (χ0) is 24.3. The van der Waals surface area contributed by atoms with Crippen LogP contribution in [0.4, 0.5) is 17.6 Å². The molecule has 34 heavy (non-hydrogen) atoms. The molecular weight excluding hydrogens is 536 g/mol. The lowest BCUT2D eigenvalue weighted by Gasteiger charge is -2.36. The summed E-state index contributed by atoms with van der Waals surface area (Å²) in [5, 5.41) is 10.5. The highest BCUT2D eigenvalue weighted by Crippen LogP contribution is 2.38. The number of aromatic amines is 1. The first kappa shape index (κ1) is 24.4. The standard InChI is InChI=1S/C24H18BrClF4N4/c25-20-13-33-34-21(20)14-32-23(11-15-4-2-1-3-5-15,22-7-6-18(26)12-31-22)16-8-17(24(28,29)30)10-19(27)9-16/h1-10,12-13,32H,11,14H2,(H,33,34). The minimum atomic E-state index is -4.73. The van der Waals surface area contributed by atoms with Crippen molar-refractivity contribution in [1.29, 1.82) is 0 Å².